The summed E-state index contributed by atoms with van der Waals surface area (Å²) in [6.07, 6.45) is 0. The molecule has 1 aliphatic heterocycles. The van der Waals surface area contributed by atoms with Crippen molar-refractivity contribution in [1.29, 1.82) is 0 Å². The van der Waals surface area contributed by atoms with E-state index in [4.69, 9.17) is 14.5 Å². The molecule has 9 heteroatoms. The van der Waals surface area contributed by atoms with Crippen LogP contribution in [0.15, 0.2) is 60.7 Å². The van der Waals surface area contributed by atoms with E-state index < -0.39 is 32.9 Å². The average Bonchev–Trinajstić information content (AvgIpc) is 2.91. The molecule has 0 saturated carbocycles. The maximum atomic E-state index is 13.2. The van der Waals surface area contributed by atoms with Crippen LogP contribution < -0.4 is 5.32 Å². The monoisotopic (exact) mass is 376 g/mol. The lowest BCUT2D eigenvalue weighted by atomic mass is 9.83. The highest BCUT2D eigenvalue weighted by molar-refractivity contribution is 7.39. The zero-order chi connectivity index (χ0) is 18.6. The number of hydrogen-bond acceptors (Lipinski definition) is 6. The third-order valence-corrected chi connectivity index (χ3v) is 4.33. The van der Waals surface area contributed by atoms with Crippen LogP contribution in [0.5, 0.6) is 0 Å². The van der Waals surface area contributed by atoms with Crippen LogP contribution in [0.2, 0.25) is 0 Å². The number of benzene rings is 2. The third kappa shape index (κ3) is 3.46. The van der Waals surface area contributed by atoms with Crippen LogP contribution in [-0.2, 0) is 19.6 Å². The highest BCUT2D eigenvalue weighted by atomic mass is 31.2. The van der Waals surface area contributed by atoms with E-state index in [0.717, 1.165) is 4.90 Å². The van der Waals surface area contributed by atoms with Crippen LogP contribution >= 0.6 is 8.60 Å². The molecule has 136 valence electrons. The Bertz CT molecular complexity index is 732. The minimum Gasteiger partial charge on any atom is -0.334 e. The van der Waals surface area contributed by atoms with Crippen LogP contribution in [0.3, 0.4) is 0 Å². The van der Waals surface area contributed by atoms with Crippen molar-refractivity contribution in [3.8, 4) is 0 Å². The van der Waals surface area contributed by atoms with Crippen molar-refractivity contribution in [2.75, 3.05) is 13.5 Å². The van der Waals surface area contributed by atoms with E-state index in [1.807, 2.05) is 12.1 Å². The summed E-state index contributed by atoms with van der Waals surface area (Å²) in [7, 11) is -2.57. The first kappa shape index (κ1) is 18.4. The van der Waals surface area contributed by atoms with Crippen molar-refractivity contribution in [3.63, 3.8) is 0 Å². The Hall–Kier alpha value is -2.35. The summed E-state index contributed by atoms with van der Waals surface area (Å²) in [6.45, 7) is -0.839. The average molecular weight is 376 g/mol. The van der Waals surface area contributed by atoms with Gasteiger partial charge in [0, 0.05) is 0 Å². The molecule has 2 aromatic carbocycles. The van der Waals surface area contributed by atoms with Gasteiger partial charge in [-0.2, -0.15) is 0 Å². The van der Waals surface area contributed by atoms with Gasteiger partial charge in [-0.25, -0.2) is 9.69 Å². The van der Waals surface area contributed by atoms with E-state index in [2.05, 4.69) is 9.84 Å². The van der Waals surface area contributed by atoms with Crippen molar-refractivity contribution < 1.29 is 28.6 Å². The fourth-order valence-electron chi connectivity index (χ4n) is 2.84. The van der Waals surface area contributed by atoms with E-state index in [-0.39, 0.29) is 6.73 Å². The number of amides is 3. The molecule has 1 saturated heterocycles. The van der Waals surface area contributed by atoms with Gasteiger partial charge in [0.1, 0.15) is 6.73 Å². The maximum absolute atomic E-state index is 13.2. The second-order valence-electron chi connectivity index (χ2n) is 5.48. The zero-order valence-electron chi connectivity index (χ0n) is 13.6. The van der Waals surface area contributed by atoms with E-state index in [0.29, 0.717) is 11.1 Å². The van der Waals surface area contributed by atoms with Gasteiger partial charge in [0.15, 0.2) is 12.3 Å². The van der Waals surface area contributed by atoms with E-state index in [1.165, 1.54) is 0 Å². The number of ether oxygens (including phenoxy) is 1. The highest BCUT2D eigenvalue weighted by Crippen LogP contribution is 2.36. The largest absolute Gasteiger partial charge is 0.334 e. The SMILES string of the molecule is O=C1NC(c2ccccc2)(c2ccccc2)C(=O)N1COCOP(O)O. The number of rotatable bonds is 7. The molecule has 8 nitrogen and oxygen atoms in total. The summed E-state index contributed by atoms with van der Waals surface area (Å²) in [4.78, 5) is 43.9. The molecule has 3 rings (SSSR count). The van der Waals surface area contributed by atoms with Crippen molar-refractivity contribution in [1.82, 2.24) is 10.2 Å². The van der Waals surface area contributed by atoms with Crippen molar-refractivity contribution in [3.05, 3.63) is 71.8 Å². The van der Waals surface area contributed by atoms with E-state index in [1.54, 1.807) is 48.5 Å². The van der Waals surface area contributed by atoms with Gasteiger partial charge in [0.2, 0.25) is 0 Å². The number of hydrogen-bond donors (Lipinski definition) is 3. The van der Waals surface area contributed by atoms with Gasteiger partial charge in [0.25, 0.3) is 5.91 Å². The van der Waals surface area contributed by atoms with Crippen LogP contribution in [0.25, 0.3) is 0 Å². The van der Waals surface area contributed by atoms with Crippen LogP contribution in [0, 0.1) is 0 Å². The Labute approximate surface area is 151 Å². The fourth-order valence-corrected chi connectivity index (χ4v) is 3.01. The lowest BCUT2D eigenvalue weighted by Gasteiger charge is -2.27. The molecule has 26 heavy (non-hydrogen) atoms. The van der Waals surface area contributed by atoms with Crippen LogP contribution in [0.1, 0.15) is 11.1 Å². The molecule has 2 aromatic rings. The molecule has 3 amide bonds. The van der Waals surface area contributed by atoms with Crippen molar-refractivity contribution in [2.45, 2.75) is 5.54 Å². The number of urea groups is 1. The molecule has 0 bridgehead atoms. The Morgan fingerprint density at radius 1 is 0.962 bits per heavy atom. The van der Waals surface area contributed by atoms with Gasteiger partial charge >= 0.3 is 14.6 Å². The summed E-state index contributed by atoms with van der Waals surface area (Å²) in [6, 6.07) is 17.3. The molecule has 0 aliphatic carbocycles. The number of nitrogens with one attached hydrogen (secondary N) is 1. The summed E-state index contributed by atoms with van der Waals surface area (Å²) in [5.41, 5.74) is -0.111. The van der Waals surface area contributed by atoms with Gasteiger partial charge in [-0.15, -0.1) is 0 Å². The Morgan fingerprint density at radius 3 is 2.00 bits per heavy atom. The molecular formula is C17H17N2O6P. The molecule has 3 N–H and O–H groups in total. The number of carbonyl (C=O) groups is 2. The zero-order valence-corrected chi connectivity index (χ0v) is 14.5. The lowest BCUT2D eigenvalue weighted by molar-refractivity contribution is -0.136. The Balaban J connectivity index is 1.91. The number of imide groups is 1. The standard InChI is InChI=1S/C17H17N2O6P/c20-15-17(13-7-3-1-4-8-13,14-9-5-2-6-10-14)18-16(21)19(15)11-24-12-25-26(22)23/h1-10,22-23H,11-12H2,(H,18,21). The number of nitrogens with zero attached hydrogens (tertiary/aromatic N) is 1. The van der Waals surface area contributed by atoms with Gasteiger partial charge in [0.05, 0.1) is 0 Å². The van der Waals surface area contributed by atoms with E-state index in [9.17, 15) is 9.59 Å². The van der Waals surface area contributed by atoms with Crippen LogP contribution in [-0.4, -0.2) is 40.1 Å². The minimum atomic E-state index is -2.57. The van der Waals surface area contributed by atoms with Crippen molar-refractivity contribution >= 4 is 20.5 Å². The molecule has 1 aliphatic rings. The summed E-state index contributed by atoms with van der Waals surface area (Å²) >= 11 is 0. The first-order valence-corrected chi connectivity index (χ1v) is 8.86. The third-order valence-electron chi connectivity index (χ3n) is 3.99. The molecule has 0 atom stereocenters. The molecular weight excluding hydrogens is 359 g/mol. The summed E-state index contributed by atoms with van der Waals surface area (Å²) in [5, 5.41) is 2.77. The predicted octanol–water partition coefficient (Wildman–Crippen LogP) is 1.64. The second kappa shape index (κ2) is 7.90. The normalized spacial score (nSPS) is 16.2. The van der Waals surface area contributed by atoms with Gasteiger partial charge in [-0.05, 0) is 11.1 Å². The topological polar surface area (TPSA) is 108 Å². The first-order chi connectivity index (χ1) is 12.6. The quantitative estimate of drug-likeness (QED) is 0.293. The van der Waals surface area contributed by atoms with Gasteiger partial charge in [-0.1, -0.05) is 60.7 Å². The first-order valence-electron chi connectivity index (χ1n) is 7.69. The maximum Gasteiger partial charge on any atom is 0.329 e. The Kier molecular flexibility index (Phi) is 5.61. The molecule has 1 fully saturated rings. The predicted molar refractivity (Wildman–Crippen MR) is 92.3 cm³/mol. The van der Waals surface area contributed by atoms with Crippen LogP contribution in [0.4, 0.5) is 4.79 Å². The highest BCUT2D eigenvalue weighted by Gasteiger charge is 2.53. The fraction of sp³-hybridized carbons (Fsp3) is 0.176. The molecule has 0 radical (unpaired) electrons. The van der Waals surface area contributed by atoms with Gasteiger partial charge < -0.3 is 19.8 Å². The Morgan fingerprint density at radius 2 is 1.50 bits per heavy atom. The summed E-state index contributed by atoms with van der Waals surface area (Å²) in [5.74, 6) is -0.491. The molecule has 1 heterocycles. The smallest absolute Gasteiger partial charge is 0.329 e. The molecule has 0 aromatic heterocycles. The number of carbonyl (C=O) groups excluding carboxylic acids is 2. The van der Waals surface area contributed by atoms with Gasteiger partial charge in [-0.3, -0.25) is 9.32 Å². The molecule has 0 spiro atoms. The second-order valence-corrected chi connectivity index (χ2v) is 6.24. The minimum absolute atomic E-state index is 0.380. The van der Waals surface area contributed by atoms with Crippen molar-refractivity contribution in [2.24, 2.45) is 0 Å². The molecule has 0 unspecified atom stereocenters. The summed E-state index contributed by atoms with van der Waals surface area (Å²) < 4.78 is 9.53. The lowest BCUT2D eigenvalue weighted by Crippen LogP contribution is -2.45. The van der Waals surface area contributed by atoms with E-state index >= 15 is 0 Å².